The molecule has 1 saturated carbocycles. The van der Waals surface area contributed by atoms with Crippen LogP contribution in [0.2, 0.25) is 0 Å². The van der Waals surface area contributed by atoms with Crippen molar-refractivity contribution in [3.63, 3.8) is 0 Å². The van der Waals surface area contributed by atoms with Gasteiger partial charge in [-0.3, -0.25) is 0 Å². The summed E-state index contributed by atoms with van der Waals surface area (Å²) in [6.45, 7) is 3.34. The molecule has 0 spiro atoms. The van der Waals surface area contributed by atoms with E-state index in [1.807, 2.05) is 6.92 Å². The Morgan fingerprint density at radius 3 is 2.79 bits per heavy atom. The highest BCUT2D eigenvalue weighted by Crippen LogP contribution is 2.20. The molecule has 4 heteroatoms. The van der Waals surface area contributed by atoms with Crippen molar-refractivity contribution in [1.29, 1.82) is 0 Å². The summed E-state index contributed by atoms with van der Waals surface area (Å²) in [7, 11) is 0. The van der Waals surface area contributed by atoms with Crippen LogP contribution in [-0.4, -0.2) is 37.1 Å². The summed E-state index contributed by atoms with van der Waals surface area (Å²) in [5, 5.41) is 9.47. The van der Waals surface area contributed by atoms with E-state index in [1.165, 1.54) is 12.8 Å². The van der Waals surface area contributed by atoms with E-state index in [0.717, 1.165) is 12.8 Å². The van der Waals surface area contributed by atoms with Crippen LogP contribution >= 0.6 is 0 Å². The molecular formula is C10H21NO3. The first-order valence-electron chi connectivity index (χ1n) is 5.47. The monoisotopic (exact) mass is 203 g/mol. The van der Waals surface area contributed by atoms with Crippen molar-refractivity contribution < 1.29 is 14.7 Å². The Bertz CT molecular complexity index is 137. The molecule has 4 nitrogen and oxygen atoms in total. The fraction of sp³-hybridized carbons (Fsp3) is 1.00. The van der Waals surface area contributed by atoms with E-state index in [-0.39, 0.29) is 0 Å². The number of hydrogen-bond acceptors (Lipinski definition) is 4. The minimum atomic E-state index is -0.470. The average molecular weight is 203 g/mol. The zero-order chi connectivity index (χ0) is 10.2. The largest absolute Gasteiger partial charge is 0.389 e. The molecule has 1 aliphatic rings. The second-order valence-corrected chi connectivity index (χ2v) is 3.68. The van der Waals surface area contributed by atoms with Crippen LogP contribution in [0.15, 0.2) is 0 Å². The molecule has 0 bridgehead atoms. The number of ether oxygens (including phenoxy) is 1. The molecular weight excluding hydrogens is 182 g/mol. The van der Waals surface area contributed by atoms with Crippen molar-refractivity contribution in [3.8, 4) is 0 Å². The molecule has 1 atom stereocenters. The quantitative estimate of drug-likeness (QED) is 0.476. The zero-order valence-corrected chi connectivity index (χ0v) is 8.87. The van der Waals surface area contributed by atoms with Gasteiger partial charge in [0, 0.05) is 6.54 Å². The van der Waals surface area contributed by atoms with Gasteiger partial charge in [-0.1, -0.05) is 12.8 Å². The predicted molar refractivity (Wildman–Crippen MR) is 53.8 cm³/mol. The van der Waals surface area contributed by atoms with Crippen LogP contribution in [0, 0.1) is 0 Å². The van der Waals surface area contributed by atoms with Gasteiger partial charge < -0.3 is 14.7 Å². The zero-order valence-electron chi connectivity index (χ0n) is 8.87. The topological polar surface area (TPSA) is 50.7 Å². The van der Waals surface area contributed by atoms with Crippen LogP contribution in [0.25, 0.3) is 0 Å². The summed E-state index contributed by atoms with van der Waals surface area (Å²) in [4.78, 5) is 4.91. The highest BCUT2D eigenvalue weighted by atomic mass is 16.6. The normalized spacial score (nSPS) is 20.1. The van der Waals surface area contributed by atoms with E-state index in [2.05, 4.69) is 5.48 Å². The van der Waals surface area contributed by atoms with Crippen molar-refractivity contribution in [1.82, 2.24) is 5.48 Å². The lowest BCUT2D eigenvalue weighted by Crippen LogP contribution is -2.31. The first-order valence-corrected chi connectivity index (χ1v) is 5.47. The van der Waals surface area contributed by atoms with Gasteiger partial charge in [0.15, 0.2) is 0 Å². The number of rotatable bonds is 7. The lowest BCUT2D eigenvalue weighted by molar-refractivity contribution is -0.0321. The minimum Gasteiger partial charge on any atom is -0.389 e. The summed E-state index contributed by atoms with van der Waals surface area (Å²) >= 11 is 0. The van der Waals surface area contributed by atoms with E-state index in [1.54, 1.807) is 0 Å². The van der Waals surface area contributed by atoms with Gasteiger partial charge in [0.05, 0.1) is 25.4 Å². The number of aliphatic hydroxyl groups excluding tert-OH is 1. The number of hydroxylamine groups is 1. The smallest absolute Gasteiger partial charge is 0.0921 e. The molecule has 1 rings (SSSR count). The molecule has 0 saturated heterocycles. The van der Waals surface area contributed by atoms with Gasteiger partial charge in [-0.25, -0.2) is 0 Å². The lowest BCUT2D eigenvalue weighted by atomic mass is 10.3. The standard InChI is InChI=1S/C10H21NO3/c1-2-14-11-7-9(12)8-13-10-5-3-4-6-10/h9-12H,2-8H2,1H3. The molecule has 1 fully saturated rings. The van der Waals surface area contributed by atoms with Gasteiger partial charge in [-0.05, 0) is 19.8 Å². The molecule has 14 heavy (non-hydrogen) atoms. The third-order valence-electron chi connectivity index (χ3n) is 2.39. The van der Waals surface area contributed by atoms with Gasteiger partial charge in [0.1, 0.15) is 0 Å². The molecule has 0 heterocycles. The third kappa shape index (κ3) is 4.91. The Labute approximate surface area is 85.5 Å². The molecule has 0 aromatic heterocycles. The molecule has 0 aliphatic heterocycles. The summed E-state index contributed by atoms with van der Waals surface area (Å²) in [6.07, 6.45) is 4.71. The molecule has 84 valence electrons. The fourth-order valence-corrected chi connectivity index (χ4v) is 1.62. The predicted octanol–water partition coefficient (Wildman–Crippen LogP) is 0.848. The molecule has 0 amide bonds. The maximum atomic E-state index is 9.47. The molecule has 0 radical (unpaired) electrons. The van der Waals surface area contributed by atoms with Crippen LogP contribution in [-0.2, 0) is 9.57 Å². The summed E-state index contributed by atoms with van der Waals surface area (Å²) in [5.74, 6) is 0. The lowest BCUT2D eigenvalue weighted by Gasteiger charge is -2.15. The molecule has 2 N–H and O–H groups in total. The van der Waals surface area contributed by atoms with Crippen molar-refractivity contribution >= 4 is 0 Å². The van der Waals surface area contributed by atoms with Crippen LogP contribution in [0.4, 0.5) is 0 Å². The molecule has 0 aromatic rings. The van der Waals surface area contributed by atoms with Gasteiger partial charge >= 0.3 is 0 Å². The second-order valence-electron chi connectivity index (χ2n) is 3.68. The van der Waals surface area contributed by atoms with E-state index < -0.39 is 6.10 Å². The van der Waals surface area contributed by atoms with Crippen molar-refractivity contribution in [2.24, 2.45) is 0 Å². The van der Waals surface area contributed by atoms with Crippen LogP contribution in [0.1, 0.15) is 32.6 Å². The van der Waals surface area contributed by atoms with Crippen LogP contribution < -0.4 is 5.48 Å². The van der Waals surface area contributed by atoms with Crippen molar-refractivity contribution in [2.45, 2.75) is 44.8 Å². The van der Waals surface area contributed by atoms with Gasteiger partial charge in [-0.2, -0.15) is 5.48 Å². The fourth-order valence-electron chi connectivity index (χ4n) is 1.62. The number of aliphatic hydroxyl groups is 1. The third-order valence-corrected chi connectivity index (χ3v) is 2.39. The maximum absolute atomic E-state index is 9.47. The molecule has 0 aromatic carbocycles. The Balaban J connectivity index is 1.93. The maximum Gasteiger partial charge on any atom is 0.0921 e. The van der Waals surface area contributed by atoms with E-state index in [4.69, 9.17) is 9.57 Å². The molecule has 1 unspecified atom stereocenters. The first-order chi connectivity index (χ1) is 6.83. The average Bonchev–Trinajstić information content (AvgIpc) is 2.68. The first kappa shape index (κ1) is 11.9. The highest BCUT2D eigenvalue weighted by Gasteiger charge is 2.16. The SMILES string of the molecule is CCONCC(O)COC1CCCC1. The van der Waals surface area contributed by atoms with Gasteiger partial charge in [0.2, 0.25) is 0 Å². The Morgan fingerprint density at radius 1 is 1.43 bits per heavy atom. The van der Waals surface area contributed by atoms with Crippen LogP contribution in [0.5, 0.6) is 0 Å². The minimum absolute atomic E-state index is 0.372. The molecule has 1 aliphatic carbocycles. The summed E-state index contributed by atoms with van der Waals surface area (Å²) in [5.41, 5.74) is 2.68. The summed E-state index contributed by atoms with van der Waals surface area (Å²) < 4.78 is 5.55. The van der Waals surface area contributed by atoms with Crippen molar-refractivity contribution in [3.05, 3.63) is 0 Å². The summed E-state index contributed by atoms with van der Waals surface area (Å²) in [6, 6.07) is 0. The van der Waals surface area contributed by atoms with Crippen LogP contribution in [0.3, 0.4) is 0 Å². The van der Waals surface area contributed by atoms with Gasteiger partial charge in [-0.15, -0.1) is 0 Å². The van der Waals surface area contributed by atoms with Gasteiger partial charge in [0.25, 0.3) is 0 Å². The van der Waals surface area contributed by atoms with E-state index in [9.17, 15) is 5.11 Å². The Hall–Kier alpha value is -0.160. The van der Waals surface area contributed by atoms with E-state index >= 15 is 0 Å². The highest BCUT2D eigenvalue weighted by molar-refractivity contribution is 4.67. The van der Waals surface area contributed by atoms with E-state index in [0.29, 0.717) is 25.9 Å². The number of hydrogen-bond donors (Lipinski definition) is 2. The Kier molecular flexibility index (Phi) is 6.10. The second kappa shape index (κ2) is 7.17. The Morgan fingerprint density at radius 2 is 2.14 bits per heavy atom. The van der Waals surface area contributed by atoms with Crippen molar-refractivity contribution in [2.75, 3.05) is 19.8 Å². The number of nitrogens with one attached hydrogen (secondary N) is 1.